The molecule has 2 N–H and O–H groups in total. The van der Waals surface area contributed by atoms with Crippen LogP contribution in [-0.4, -0.2) is 47.5 Å². The van der Waals surface area contributed by atoms with Crippen molar-refractivity contribution in [2.45, 2.75) is 44.7 Å². The number of piperidine rings is 1. The van der Waals surface area contributed by atoms with Crippen molar-refractivity contribution in [2.75, 3.05) is 25.5 Å². The standard InChI is InChI=1S/C21H27N5O3/c1-14(2)12-16(19(27)25-21(13-22)8-10-26(3)11-9-21)23-18-15-6-4-5-7-17(15)29-20(28)24-18/h4-7,14,16H,8-12H2,1-3H3,(H,25,27)(H,23,24,28). The predicted molar refractivity (Wildman–Crippen MR) is 110 cm³/mol. The first-order valence-corrected chi connectivity index (χ1v) is 9.90. The number of carbonyl (C=O) groups excluding carboxylic acids is 1. The van der Waals surface area contributed by atoms with Gasteiger partial charge >= 0.3 is 5.76 Å². The fraction of sp³-hybridized carbons (Fsp3) is 0.524. The van der Waals surface area contributed by atoms with Gasteiger partial charge in [-0.3, -0.25) is 4.79 Å². The summed E-state index contributed by atoms with van der Waals surface area (Å²) in [7, 11) is 2.00. The van der Waals surface area contributed by atoms with Crippen LogP contribution in [0.3, 0.4) is 0 Å². The second-order valence-electron chi connectivity index (χ2n) is 8.14. The van der Waals surface area contributed by atoms with E-state index >= 15 is 0 Å². The summed E-state index contributed by atoms with van der Waals surface area (Å²) in [6.45, 7) is 5.54. The average Bonchev–Trinajstić information content (AvgIpc) is 2.69. The number of nitrogens with one attached hydrogen (secondary N) is 2. The molecule has 0 spiro atoms. The Kier molecular flexibility index (Phi) is 6.18. The van der Waals surface area contributed by atoms with Gasteiger partial charge < -0.3 is 20.0 Å². The van der Waals surface area contributed by atoms with Crippen molar-refractivity contribution in [3.05, 3.63) is 34.8 Å². The van der Waals surface area contributed by atoms with E-state index in [1.54, 1.807) is 18.2 Å². The third-order valence-electron chi connectivity index (χ3n) is 5.29. The molecule has 1 aliphatic heterocycles. The Labute approximate surface area is 169 Å². The average molecular weight is 397 g/mol. The lowest BCUT2D eigenvalue weighted by atomic mass is 9.88. The van der Waals surface area contributed by atoms with Crippen LogP contribution in [0.25, 0.3) is 11.0 Å². The van der Waals surface area contributed by atoms with Gasteiger partial charge in [0.2, 0.25) is 5.91 Å². The maximum absolute atomic E-state index is 13.2. The molecule has 29 heavy (non-hydrogen) atoms. The Morgan fingerprint density at radius 2 is 2.03 bits per heavy atom. The second kappa shape index (κ2) is 8.62. The van der Waals surface area contributed by atoms with E-state index < -0.39 is 17.3 Å². The van der Waals surface area contributed by atoms with Crippen molar-refractivity contribution >= 4 is 22.7 Å². The van der Waals surface area contributed by atoms with E-state index in [4.69, 9.17) is 4.42 Å². The molecule has 3 rings (SSSR count). The highest BCUT2D eigenvalue weighted by atomic mass is 16.4. The molecule has 0 saturated carbocycles. The Morgan fingerprint density at radius 1 is 1.34 bits per heavy atom. The zero-order chi connectivity index (χ0) is 21.0. The SMILES string of the molecule is CC(C)CC(Nc1nc(=O)oc2ccccc12)C(=O)NC1(C#N)CCN(C)CC1. The lowest BCUT2D eigenvalue weighted by molar-refractivity contribution is -0.124. The second-order valence-corrected chi connectivity index (χ2v) is 8.14. The van der Waals surface area contributed by atoms with Gasteiger partial charge in [-0.15, -0.1) is 0 Å². The van der Waals surface area contributed by atoms with Gasteiger partial charge in [-0.05, 0) is 44.4 Å². The fourth-order valence-electron chi connectivity index (χ4n) is 3.59. The summed E-state index contributed by atoms with van der Waals surface area (Å²) < 4.78 is 5.14. The summed E-state index contributed by atoms with van der Waals surface area (Å²) in [4.78, 5) is 31.1. The van der Waals surface area contributed by atoms with Gasteiger partial charge in [-0.1, -0.05) is 26.0 Å². The molecule has 154 valence electrons. The number of fused-ring (bicyclic) bond motifs is 1. The molecule has 1 unspecified atom stereocenters. The fourth-order valence-corrected chi connectivity index (χ4v) is 3.59. The predicted octanol–water partition coefficient (Wildman–Crippen LogP) is 2.12. The van der Waals surface area contributed by atoms with Crippen molar-refractivity contribution < 1.29 is 9.21 Å². The topological polar surface area (TPSA) is 111 Å². The molecule has 0 aliphatic carbocycles. The molecule has 2 aromatic rings. The minimum absolute atomic E-state index is 0.222. The van der Waals surface area contributed by atoms with Crippen molar-refractivity contribution in [1.82, 2.24) is 15.2 Å². The van der Waals surface area contributed by atoms with Crippen LogP contribution in [0.15, 0.2) is 33.5 Å². The molecule has 1 amide bonds. The number of hydrogen-bond donors (Lipinski definition) is 2. The van der Waals surface area contributed by atoms with Crippen LogP contribution >= 0.6 is 0 Å². The van der Waals surface area contributed by atoms with Gasteiger partial charge in [0.25, 0.3) is 0 Å². The summed E-state index contributed by atoms with van der Waals surface area (Å²) in [6, 6.07) is 8.74. The molecule has 1 aliphatic rings. The number of nitrogens with zero attached hydrogens (tertiary/aromatic N) is 3. The summed E-state index contributed by atoms with van der Waals surface area (Å²) in [5, 5.41) is 16.5. The number of amides is 1. The minimum Gasteiger partial charge on any atom is -0.408 e. The van der Waals surface area contributed by atoms with E-state index in [2.05, 4.69) is 26.6 Å². The lowest BCUT2D eigenvalue weighted by Gasteiger charge is -2.37. The number of nitriles is 1. The highest BCUT2D eigenvalue weighted by molar-refractivity contribution is 5.91. The molecule has 1 fully saturated rings. The van der Waals surface area contributed by atoms with Crippen LogP contribution in [0, 0.1) is 17.2 Å². The van der Waals surface area contributed by atoms with Crippen LogP contribution in [0.5, 0.6) is 0 Å². The molecule has 0 radical (unpaired) electrons. The first kappa shape index (κ1) is 20.8. The van der Waals surface area contributed by atoms with Gasteiger partial charge in [-0.25, -0.2) is 4.79 Å². The summed E-state index contributed by atoms with van der Waals surface area (Å²) in [5.41, 5.74) is -0.464. The molecule has 1 atom stereocenters. The number of rotatable bonds is 6. The number of aromatic nitrogens is 1. The number of anilines is 1. The lowest BCUT2D eigenvalue weighted by Crippen LogP contribution is -2.57. The molecule has 2 heterocycles. The number of carbonyl (C=O) groups is 1. The van der Waals surface area contributed by atoms with E-state index in [1.807, 2.05) is 27.0 Å². The van der Waals surface area contributed by atoms with Crippen LogP contribution < -0.4 is 16.4 Å². The normalized spacial score (nSPS) is 17.6. The Hall–Kier alpha value is -2.92. The molecular formula is C21H27N5O3. The molecule has 1 aromatic heterocycles. The monoisotopic (exact) mass is 397 g/mol. The van der Waals surface area contributed by atoms with Gasteiger partial charge in [0, 0.05) is 13.1 Å². The van der Waals surface area contributed by atoms with Gasteiger partial charge in [0.15, 0.2) is 0 Å². The molecule has 1 aromatic carbocycles. The zero-order valence-corrected chi connectivity index (χ0v) is 17.1. The first-order valence-electron chi connectivity index (χ1n) is 9.90. The minimum atomic E-state index is -0.869. The molecule has 0 bridgehead atoms. The maximum atomic E-state index is 13.2. The summed E-state index contributed by atoms with van der Waals surface area (Å²) >= 11 is 0. The molecule has 8 heteroatoms. The van der Waals surface area contributed by atoms with Crippen LogP contribution in [0.1, 0.15) is 33.1 Å². The quantitative estimate of drug-likeness (QED) is 0.768. The third kappa shape index (κ3) is 4.93. The van der Waals surface area contributed by atoms with Gasteiger partial charge in [0.05, 0.1) is 11.5 Å². The third-order valence-corrected chi connectivity index (χ3v) is 5.29. The van der Waals surface area contributed by atoms with E-state index in [1.165, 1.54) is 0 Å². The number of benzene rings is 1. The molecule has 8 nitrogen and oxygen atoms in total. The number of para-hydroxylation sites is 1. The van der Waals surface area contributed by atoms with Crippen LogP contribution in [0.2, 0.25) is 0 Å². The molecular weight excluding hydrogens is 370 g/mol. The van der Waals surface area contributed by atoms with Gasteiger partial charge in [-0.2, -0.15) is 10.2 Å². The largest absolute Gasteiger partial charge is 0.441 e. The van der Waals surface area contributed by atoms with Crippen molar-refractivity contribution in [2.24, 2.45) is 5.92 Å². The molecule has 1 saturated heterocycles. The Morgan fingerprint density at radius 3 is 2.69 bits per heavy atom. The van der Waals surface area contributed by atoms with E-state index in [9.17, 15) is 14.9 Å². The van der Waals surface area contributed by atoms with Crippen molar-refractivity contribution in [3.8, 4) is 6.07 Å². The Bertz CT molecular complexity index is 970. The summed E-state index contributed by atoms with van der Waals surface area (Å²) in [5.74, 6) is -0.449. The number of hydrogen-bond acceptors (Lipinski definition) is 7. The Balaban J connectivity index is 1.86. The van der Waals surface area contributed by atoms with E-state index in [-0.39, 0.29) is 11.8 Å². The first-order chi connectivity index (χ1) is 13.8. The highest BCUT2D eigenvalue weighted by Gasteiger charge is 2.37. The smallest absolute Gasteiger partial charge is 0.408 e. The highest BCUT2D eigenvalue weighted by Crippen LogP contribution is 2.24. The van der Waals surface area contributed by atoms with Crippen LogP contribution in [0.4, 0.5) is 5.82 Å². The van der Waals surface area contributed by atoms with Crippen LogP contribution in [-0.2, 0) is 4.79 Å². The van der Waals surface area contributed by atoms with E-state index in [0.717, 1.165) is 13.1 Å². The maximum Gasteiger partial charge on any atom is 0.441 e. The van der Waals surface area contributed by atoms with E-state index in [0.29, 0.717) is 36.0 Å². The zero-order valence-electron chi connectivity index (χ0n) is 17.1. The summed E-state index contributed by atoms with van der Waals surface area (Å²) in [6.07, 6.45) is 1.69. The van der Waals surface area contributed by atoms with Gasteiger partial charge in [0.1, 0.15) is 23.0 Å². The van der Waals surface area contributed by atoms with Crippen molar-refractivity contribution in [1.29, 1.82) is 5.26 Å². The number of likely N-dealkylation sites (tertiary alicyclic amines) is 1. The van der Waals surface area contributed by atoms with Crippen molar-refractivity contribution in [3.63, 3.8) is 0 Å².